The SMILES string of the molecule is [c]1ccc(-c2nncnn2)cc1. The third-order valence-electron chi connectivity index (χ3n) is 1.38. The Morgan fingerprint density at radius 3 is 2.33 bits per heavy atom. The molecule has 12 heavy (non-hydrogen) atoms. The summed E-state index contributed by atoms with van der Waals surface area (Å²) >= 11 is 0. The van der Waals surface area contributed by atoms with Crippen molar-refractivity contribution in [1.82, 2.24) is 20.4 Å². The zero-order valence-corrected chi connectivity index (χ0v) is 6.18. The number of nitrogens with zero attached hydrogens (tertiary/aromatic N) is 4. The van der Waals surface area contributed by atoms with Crippen LogP contribution in [0.15, 0.2) is 30.6 Å². The number of aromatic nitrogens is 4. The van der Waals surface area contributed by atoms with Crippen LogP contribution in [0, 0.1) is 6.07 Å². The molecule has 4 heteroatoms. The van der Waals surface area contributed by atoms with E-state index in [0.29, 0.717) is 5.82 Å². The number of rotatable bonds is 1. The van der Waals surface area contributed by atoms with Crippen LogP contribution < -0.4 is 0 Å². The average Bonchev–Trinajstić information content (AvgIpc) is 2.21. The molecule has 0 saturated carbocycles. The monoisotopic (exact) mass is 157 g/mol. The van der Waals surface area contributed by atoms with Crippen LogP contribution in [-0.4, -0.2) is 20.4 Å². The topological polar surface area (TPSA) is 51.6 Å². The van der Waals surface area contributed by atoms with Crippen LogP contribution in [-0.2, 0) is 0 Å². The summed E-state index contributed by atoms with van der Waals surface area (Å²) in [6, 6.07) is 10.2. The average molecular weight is 157 g/mol. The van der Waals surface area contributed by atoms with E-state index in [-0.39, 0.29) is 0 Å². The maximum absolute atomic E-state index is 3.81. The Morgan fingerprint density at radius 1 is 1.00 bits per heavy atom. The molecule has 57 valence electrons. The van der Waals surface area contributed by atoms with Crippen LogP contribution in [0.25, 0.3) is 11.4 Å². The molecule has 0 saturated heterocycles. The number of hydrogen-bond acceptors (Lipinski definition) is 4. The minimum absolute atomic E-state index is 0.534. The molecule has 0 atom stereocenters. The van der Waals surface area contributed by atoms with E-state index in [1.807, 2.05) is 12.1 Å². The molecule has 1 aromatic heterocycles. The van der Waals surface area contributed by atoms with Gasteiger partial charge in [-0.2, -0.15) is 0 Å². The highest BCUT2D eigenvalue weighted by molar-refractivity contribution is 5.52. The van der Waals surface area contributed by atoms with Gasteiger partial charge in [-0.05, 0) is 6.07 Å². The molecule has 0 unspecified atom stereocenters. The Kier molecular flexibility index (Phi) is 1.74. The first kappa shape index (κ1) is 6.84. The van der Waals surface area contributed by atoms with E-state index in [1.165, 1.54) is 6.33 Å². The van der Waals surface area contributed by atoms with Gasteiger partial charge in [0.15, 0.2) is 6.33 Å². The first-order valence-electron chi connectivity index (χ1n) is 3.43. The highest BCUT2D eigenvalue weighted by Gasteiger charge is 1.97. The Labute approximate surface area is 69.3 Å². The third kappa shape index (κ3) is 1.27. The zero-order valence-electron chi connectivity index (χ0n) is 6.18. The number of benzene rings is 1. The maximum atomic E-state index is 3.81. The summed E-state index contributed by atoms with van der Waals surface area (Å²) in [6.07, 6.45) is 1.30. The van der Waals surface area contributed by atoms with Crippen molar-refractivity contribution < 1.29 is 0 Å². The van der Waals surface area contributed by atoms with Gasteiger partial charge < -0.3 is 0 Å². The minimum Gasteiger partial charge on any atom is -0.135 e. The molecule has 1 aromatic carbocycles. The fraction of sp³-hybridized carbons (Fsp3) is 0. The van der Waals surface area contributed by atoms with Gasteiger partial charge in [0, 0.05) is 5.56 Å². The molecular formula is C8H5N4. The Morgan fingerprint density at radius 2 is 1.67 bits per heavy atom. The highest BCUT2D eigenvalue weighted by Crippen LogP contribution is 2.09. The second kappa shape index (κ2) is 3.04. The van der Waals surface area contributed by atoms with Crippen molar-refractivity contribution in [2.45, 2.75) is 0 Å². The van der Waals surface area contributed by atoms with Crippen molar-refractivity contribution in [3.63, 3.8) is 0 Å². The van der Waals surface area contributed by atoms with Crippen LogP contribution in [0.5, 0.6) is 0 Å². The van der Waals surface area contributed by atoms with Crippen molar-refractivity contribution in [3.05, 3.63) is 36.7 Å². The van der Waals surface area contributed by atoms with Gasteiger partial charge in [0.25, 0.3) is 0 Å². The van der Waals surface area contributed by atoms with Crippen LogP contribution in [0.2, 0.25) is 0 Å². The molecule has 0 aliphatic carbocycles. The fourth-order valence-electron chi connectivity index (χ4n) is 0.856. The lowest BCUT2D eigenvalue weighted by Crippen LogP contribution is -1.92. The van der Waals surface area contributed by atoms with Gasteiger partial charge in [0.05, 0.1) is 0 Å². The largest absolute Gasteiger partial charge is 0.203 e. The zero-order chi connectivity index (χ0) is 8.23. The molecule has 2 aromatic rings. The van der Waals surface area contributed by atoms with Gasteiger partial charge in [0.2, 0.25) is 5.82 Å². The van der Waals surface area contributed by atoms with E-state index >= 15 is 0 Å². The molecule has 0 aliphatic rings. The highest BCUT2D eigenvalue weighted by atomic mass is 15.3. The van der Waals surface area contributed by atoms with Crippen molar-refractivity contribution in [2.75, 3.05) is 0 Å². The maximum Gasteiger partial charge on any atom is 0.203 e. The van der Waals surface area contributed by atoms with Crippen LogP contribution in [0.1, 0.15) is 0 Å². The van der Waals surface area contributed by atoms with E-state index in [2.05, 4.69) is 26.5 Å². The van der Waals surface area contributed by atoms with Gasteiger partial charge in [-0.3, -0.25) is 0 Å². The Hall–Kier alpha value is -1.84. The first-order chi connectivity index (χ1) is 5.97. The summed E-state index contributed by atoms with van der Waals surface area (Å²) in [5.41, 5.74) is 0.898. The summed E-state index contributed by atoms with van der Waals surface area (Å²) in [5.74, 6) is 0.534. The van der Waals surface area contributed by atoms with E-state index in [1.54, 1.807) is 12.1 Å². The van der Waals surface area contributed by atoms with Gasteiger partial charge in [-0.1, -0.05) is 24.3 Å². The standard InChI is InChI=1S/C8H5N4/c1-2-4-7(5-3-1)8-11-9-6-10-12-8/h2-6H. The predicted octanol–water partition coefficient (Wildman–Crippen LogP) is 0.734. The normalized spacial score (nSPS) is 9.67. The van der Waals surface area contributed by atoms with Gasteiger partial charge in [-0.25, -0.2) is 0 Å². The van der Waals surface area contributed by atoms with E-state index in [0.717, 1.165) is 5.56 Å². The van der Waals surface area contributed by atoms with Crippen molar-refractivity contribution >= 4 is 0 Å². The van der Waals surface area contributed by atoms with E-state index < -0.39 is 0 Å². The smallest absolute Gasteiger partial charge is 0.135 e. The quantitative estimate of drug-likeness (QED) is 0.612. The summed E-state index contributed by atoms with van der Waals surface area (Å²) in [7, 11) is 0. The van der Waals surface area contributed by atoms with Crippen molar-refractivity contribution in [2.24, 2.45) is 0 Å². The summed E-state index contributed by atoms with van der Waals surface area (Å²) in [5, 5.41) is 14.9. The lowest BCUT2D eigenvalue weighted by Gasteiger charge is -1.93. The molecule has 0 amide bonds. The second-order valence-corrected chi connectivity index (χ2v) is 2.16. The minimum atomic E-state index is 0.534. The van der Waals surface area contributed by atoms with E-state index in [4.69, 9.17) is 0 Å². The van der Waals surface area contributed by atoms with Gasteiger partial charge in [0.1, 0.15) is 0 Å². The van der Waals surface area contributed by atoms with Gasteiger partial charge >= 0.3 is 0 Å². The van der Waals surface area contributed by atoms with Crippen LogP contribution in [0.3, 0.4) is 0 Å². The van der Waals surface area contributed by atoms with Crippen molar-refractivity contribution in [1.29, 1.82) is 0 Å². The molecule has 1 heterocycles. The lowest BCUT2D eigenvalue weighted by atomic mass is 10.2. The third-order valence-corrected chi connectivity index (χ3v) is 1.38. The predicted molar refractivity (Wildman–Crippen MR) is 41.9 cm³/mol. The lowest BCUT2D eigenvalue weighted by molar-refractivity contribution is 0.864. The summed E-state index contributed by atoms with van der Waals surface area (Å²) < 4.78 is 0. The fourth-order valence-corrected chi connectivity index (χ4v) is 0.856. The van der Waals surface area contributed by atoms with Crippen molar-refractivity contribution in [3.8, 4) is 11.4 Å². The molecule has 4 nitrogen and oxygen atoms in total. The van der Waals surface area contributed by atoms with E-state index in [9.17, 15) is 0 Å². The number of hydrogen-bond donors (Lipinski definition) is 0. The summed E-state index contributed by atoms with van der Waals surface area (Å²) in [6.45, 7) is 0. The molecule has 1 radical (unpaired) electrons. The molecule has 0 spiro atoms. The molecule has 0 aliphatic heterocycles. The van der Waals surface area contributed by atoms with Gasteiger partial charge in [-0.15, -0.1) is 20.4 Å². The molecule has 2 rings (SSSR count). The first-order valence-corrected chi connectivity index (χ1v) is 3.43. The molecule has 0 bridgehead atoms. The molecule has 0 N–H and O–H groups in total. The van der Waals surface area contributed by atoms with Crippen LogP contribution >= 0.6 is 0 Å². The van der Waals surface area contributed by atoms with Crippen LogP contribution in [0.4, 0.5) is 0 Å². The Bertz CT molecular complexity index is 308. The summed E-state index contributed by atoms with van der Waals surface area (Å²) in [4.78, 5) is 0. The molecular weight excluding hydrogens is 152 g/mol. The second-order valence-electron chi connectivity index (χ2n) is 2.16. The molecule has 0 fully saturated rings. The Balaban J connectivity index is 2.46.